The minimum Gasteiger partial charge on any atom is -0.377 e. The van der Waals surface area contributed by atoms with Gasteiger partial charge in [-0.15, -0.1) is 0 Å². The first kappa shape index (κ1) is 20.1. The molecule has 0 amide bonds. The van der Waals surface area contributed by atoms with Gasteiger partial charge in [0.05, 0.1) is 41.0 Å². The van der Waals surface area contributed by atoms with E-state index in [1.165, 1.54) is 0 Å². The Kier molecular flexibility index (Phi) is 5.22. The maximum absolute atomic E-state index is 9.41. The standard InChI is InChI=1S/C24H25N5OS/c1-16-10-20(11-17(2)27-16)22-21(19-5-3-4-18(12-19)13-25)28-23(31-22)29-8-9-30-15-24(29)6-7-26-14-24/h3-5,10-12,26H,6-9,14-15H2,1-2H3. The summed E-state index contributed by atoms with van der Waals surface area (Å²) < 4.78 is 5.88. The van der Waals surface area contributed by atoms with Crippen LogP contribution >= 0.6 is 11.3 Å². The van der Waals surface area contributed by atoms with Gasteiger partial charge in [0.25, 0.3) is 0 Å². The Balaban J connectivity index is 1.67. The van der Waals surface area contributed by atoms with E-state index < -0.39 is 0 Å². The zero-order chi connectivity index (χ0) is 21.4. The largest absolute Gasteiger partial charge is 0.377 e. The molecule has 1 unspecified atom stereocenters. The van der Waals surface area contributed by atoms with Gasteiger partial charge in [-0.2, -0.15) is 5.26 Å². The number of nitrogens with zero attached hydrogens (tertiary/aromatic N) is 4. The lowest BCUT2D eigenvalue weighted by atomic mass is 9.96. The molecule has 2 saturated heterocycles. The molecule has 0 radical (unpaired) electrons. The Morgan fingerprint density at radius 2 is 2.00 bits per heavy atom. The number of aryl methyl sites for hydroxylation is 2. The molecular formula is C24H25N5OS. The SMILES string of the molecule is Cc1cc(-c2sc(N3CCOCC34CCNC4)nc2-c2cccc(C#N)c2)cc(C)n1. The fourth-order valence-electron chi connectivity index (χ4n) is 4.63. The average molecular weight is 432 g/mol. The maximum Gasteiger partial charge on any atom is 0.187 e. The second-order valence-electron chi connectivity index (χ2n) is 8.36. The van der Waals surface area contributed by atoms with Crippen LogP contribution < -0.4 is 10.2 Å². The van der Waals surface area contributed by atoms with Gasteiger partial charge in [-0.3, -0.25) is 4.98 Å². The van der Waals surface area contributed by atoms with Crippen molar-refractivity contribution in [3.8, 4) is 27.8 Å². The molecular weight excluding hydrogens is 406 g/mol. The van der Waals surface area contributed by atoms with E-state index >= 15 is 0 Å². The van der Waals surface area contributed by atoms with Gasteiger partial charge >= 0.3 is 0 Å². The predicted octanol–water partition coefficient (Wildman–Crippen LogP) is 3.93. The fraction of sp³-hybridized carbons (Fsp3) is 0.375. The molecule has 6 nitrogen and oxygen atoms in total. The molecule has 158 valence electrons. The summed E-state index contributed by atoms with van der Waals surface area (Å²) in [5, 5.41) is 13.9. The van der Waals surface area contributed by atoms with E-state index in [4.69, 9.17) is 9.72 Å². The number of nitriles is 1. The van der Waals surface area contributed by atoms with Crippen LogP contribution in [-0.2, 0) is 4.74 Å². The molecule has 2 aliphatic heterocycles. The molecule has 1 spiro atoms. The number of hydrogen-bond donors (Lipinski definition) is 1. The van der Waals surface area contributed by atoms with Crippen LogP contribution in [0, 0.1) is 25.2 Å². The van der Waals surface area contributed by atoms with Crippen molar-refractivity contribution in [3.05, 3.63) is 53.3 Å². The van der Waals surface area contributed by atoms with Gasteiger partial charge in [-0.05, 0) is 56.6 Å². The van der Waals surface area contributed by atoms with Gasteiger partial charge in [-0.25, -0.2) is 4.98 Å². The van der Waals surface area contributed by atoms with Gasteiger partial charge in [0.2, 0.25) is 0 Å². The van der Waals surface area contributed by atoms with Crippen molar-refractivity contribution in [3.63, 3.8) is 0 Å². The van der Waals surface area contributed by atoms with Crippen molar-refractivity contribution in [1.82, 2.24) is 15.3 Å². The zero-order valence-electron chi connectivity index (χ0n) is 17.8. The van der Waals surface area contributed by atoms with Crippen molar-refractivity contribution in [2.24, 2.45) is 0 Å². The van der Waals surface area contributed by atoms with Crippen LogP contribution in [-0.4, -0.2) is 48.4 Å². The Morgan fingerprint density at radius 1 is 1.16 bits per heavy atom. The van der Waals surface area contributed by atoms with Gasteiger partial charge in [0.15, 0.2) is 5.13 Å². The Labute approximate surface area is 186 Å². The number of hydrogen-bond acceptors (Lipinski definition) is 7. The first-order valence-electron chi connectivity index (χ1n) is 10.6. The molecule has 1 aromatic carbocycles. The van der Waals surface area contributed by atoms with Crippen LogP contribution in [0.4, 0.5) is 5.13 Å². The van der Waals surface area contributed by atoms with E-state index in [9.17, 15) is 5.26 Å². The van der Waals surface area contributed by atoms with E-state index in [1.54, 1.807) is 11.3 Å². The molecule has 2 aromatic heterocycles. The van der Waals surface area contributed by atoms with Crippen molar-refractivity contribution in [1.29, 1.82) is 5.26 Å². The normalized spacial score (nSPS) is 20.9. The predicted molar refractivity (Wildman–Crippen MR) is 123 cm³/mol. The Morgan fingerprint density at radius 3 is 2.74 bits per heavy atom. The summed E-state index contributed by atoms with van der Waals surface area (Å²) in [6, 6.07) is 14.2. The summed E-state index contributed by atoms with van der Waals surface area (Å²) in [6.07, 6.45) is 1.05. The minimum absolute atomic E-state index is 0.0385. The highest BCUT2D eigenvalue weighted by Crippen LogP contribution is 2.43. The highest BCUT2D eigenvalue weighted by atomic mass is 32.1. The lowest BCUT2D eigenvalue weighted by Gasteiger charge is -2.44. The number of aromatic nitrogens is 2. The first-order chi connectivity index (χ1) is 15.1. The number of pyridine rings is 1. The highest BCUT2D eigenvalue weighted by Gasteiger charge is 2.43. The van der Waals surface area contributed by atoms with Gasteiger partial charge in [0.1, 0.15) is 0 Å². The number of morpholine rings is 1. The molecule has 31 heavy (non-hydrogen) atoms. The molecule has 2 aliphatic rings. The van der Waals surface area contributed by atoms with Crippen LogP contribution in [0.15, 0.2) is 36.4 Å². The first-order valence-corrected chi connectivity index (χ1v) is 11.4. The molecule has 0 saturated carbocycles. The topological polar surface area (TPSA) is 74.1 Å². The summed E-state index contributed by atoms with van der Waals surface area (Å²) in [5.74, 6) is 0. The van der Waals surface area contributed by atoms with Crippen LogP contribution in [0.1, 0.15) is 23.4 Å². The van der Waals surface area contributed by atoms with Gasteiger partial charge < -0.3 is 15.0 Å². The van der Waals surface area contributed by atoms with Crippen LogP contribution in [0.25, 0.3) is 21.7 Å². The lowest BCUT2D eigenvalue weighted by molar-refractivity contribution is 0.0575. The second-order valence-corrected chi connectivity index (χ2v) is 9.34. The number of rotatable bonds is 3. The molecule has 4 heterocycles. The van der Waals surface area contributed by atoms with Gasteiger partial charge in [0, 0.05) is 30.0 Å². The average Bonchev–Trinajstić information content (AvgIpc) is 3.42. The highest BCUT2D eigenvalue weighted by molar-refractivity contribution is 7.19. The number of benzene rings is 1. The van der Waals surface area contributed by atoms with Crippen molar-refractivity contribution in [2.75, 3.05) is 37.7 Å². The molecule has 0 bridgehead atoms. The third-order valence-electron chi connectivity index (χ3n) is 6.08. The van der Waals surface area contributed by atoms with Gasteiger partial charge in [-0.1, -0.05) is 23.5 Å². The second kappa shape index (κ2) is 8.04. The van der Waals surface area contributed by atoms with Crippen LogP contribution in [0.5, 0.6) is 0 Å². The van der Waals surface area contributed by atoms with E-state index in [2.05, 4.69) is 33.4 Å². The summed E-state index contributed by atoms with van der Waals surface area (Å²) in [4.78, 5) is 13.3. The van der Waals surface area contributed by atoms with Crippen LogP contribution in [0.3, 0.4) is 0 Å². The van der Waals surface area contributed by atoms with E-state index in [0.717, 1.165) is 70.9 Å². The van der Waals surface area contributed by atoms with Crippen molar-refractivity contribution < 1.29 is 4.74 Å². The Hall–Kier alpha value is -2.79. The zero-order valence-corrected chi connectivity index (χ0v) is 18.6. The quantitative estimate of drug-likeness (QED) is 0.677. The van der Waals surface area contributed by atoms with Crippen molar-refractivity contribution in [2.45, 2.75) is 25.8 Å². The molecule has 1 atom stereocenters. The number of nitrogens with one attached hydrogen (secondary N) is 1. The fourth-order valence-corrected chi connectivity index (χ4v) is 5.84. The molecule has 0 aliphatic carbocycles. The summed E-state index contributed by atoms with van der Waals surface area (Å²) >= 11 is 1.73. The van der Waals surface area contributed by atoms with Crippen LogP contribution in [0.2, 0.25) is 0 Å². The van der Waals surface area contributed by atoms with Crippen molar-refractivity contribution >= 4 is 16.5 Å². The third kappa shape index (κ3) is 3.72. The minimum atomic E-state index is -0.0385. The van der Waals surface area contributed by atoms with E-state index in [-0.39, 0.29) is 5.54 Å². The monoisotopic (exact) mass is 431 g/mol. The van der Waals surface area contributed by atoms with E-state index in [1.807, 2.05) is 38.1 Å². The molecule has 2 fully saturated rings. The number of anilines is 1. The smallest absolute Gasteiger partial charge is 0.187 e. The summed E-state index contributed by atoms with van der Waals surface area (Å²) in [6.45, 7) is 8.23. The maximum atomic E-state index is 9.41. The Bertz CT molecular complexity index is 1140. The molecule has 1 N–H and O–H groups in total. The third-order valence-corrected chi connectivity index (χ3v) is 7.21. The molecule has 3 aromatic rings. The summed E-state index contributed by atoms with van der Waals surface area (Å²) in [5.41, 5.74) is 5.60. The molecule has 7 heteroatoms. The number of ether oxygens (including phenoxy) is 1. The summed E-state index contributed by atoms with van der Waals surface area (Å²) in [7, 11) is 0. The lowest BCUT2D eigenvalue weighted by Crippen LogP contribution is -2.58. The molecule has 5 rings (SSSR count). The number of thiazole rings is 1. The van der Waals surface area contributed by atoms with E-state index in [0.29, 0.717) is 12.2 Å².